The quantitative estimate of drug-likeness (QED) is 0.386. The third kappa shape index (κ3) is 3.84. The van der Waals surface area contributed by atoms with Crippen molar-refractivity contribution >= 4 is 5.96 Å². The smallest absolute Gasteiger partial charge is 0.189 e. The molecule has 4 N–H and O–H groups in total. The van der Waals surface area contributed by atoms with Crippen LogP contribution in [0.5, 0.6) is 0 Å². The Labute approximate surface area is 89.5 Å². The van der Waals surface area contributed by atoms with Gasteiger partial charge in [-0.25, -0.2) is 4.99 Å². The van der Waals surface area contributed by atoms with Gasteiger partial charge in [0.05, 0.1) is 12.7 Å². The molecule has 0 radical (unpaired) electrons. The summed E-state index contributed by atoms with van der Waals surface area (Å²) in [6.45, 7) is 8.84. The first-order chi connectivity index (χ1) is 7.09. The summed E-state index contributed by atoms with van der Waals surface area (Å²) >= 11 is 0. The molecule has 5 nitrogen and oxygen atoms in total. The van der Waals surface area contributed by atoms with Crippen molar-refractivity contribution in [2.24, 2.45) is 10.7 Å². The van der Waals surface area contributed by atoms with E-state index in [1.807, 2.05) is 13.8 Å². The topological polar surface area (TPSA) is 79.1 Å². The minimum absolute atomic E-state index is 0.429. The van der Waals surface area contributed by atoms with Gasteiger partial charge in [0.1, 0.15) is 0 Å². The van der Waals surface area contributed by atoms with Gasteiger partial charge in [0.25, 0.3) is 0 Å². The highest BCUT2D eigenvalue weighted by Gasteiger charge is 1.98. The van der Waals surface area contributed by atoms with Gasteiger partial charge in [-0.3, -0.25) is 5.10 Å². The van der Waals surface area contributed by atoms with E-state index in [-0.39, 0.29) is 0 Å². The maximum atomic E-state index is 5.66. The molecule has 1 aromatic heterocycles. The number of aliphatic imine (C=N–C) groups is 1. The molecule has 15 heavy (non-hydrogen) atoms. The summed E-state index contributed by atoms with van der Waals surface area (Å²) in [5.74, 6) is 0.429. The van der Waals surface area contributed by atoms with E-state index >= 15 is 0 Å². The van der Waals surface area contributed by atoms with Crippen LogP contribution < -0.4 is 11.1 Å². The van der Waals surface area contributed by atoms with Crippen molar-refractivity contribution in [2.75, 3.05) is 6.54 Å². The molecular formula is C10H17N5. The lowest BCUT2D eigenvalue weighted by atomic mass is 10.3. The summed E-state index contributed by atoms with van der Waals surface area (Å²) in [6.07, 6.45) is 1.75. The van der Waals surface area contributed by atoms with Crippen LogP contribution in [0.1, 0.15) is 18.2 Å². The first kappa shape index (κ1) is 11.3. The molecule has 0 aliphatic carbocycles. The van der Waals surface area contributed by atoms with Crippen molar-refractivity contribution in [1.29, 1.82) is 0 Å². The fourth-order valence-electron chi connectivity index (χ4n) is 1.00. The predicted molar refractivity (Wildman–Crippen MR) is 61.5 cm³/mol. The van der Waals surface area contributed by atoms with Crippen molar-refractivity contribution in [2.45, 2.75) is 20.4 Å². The van der Waals surface area contributed by atoms with Crippen molar-refractivity contribution in [3.8, 4) is 0 Å². The van der Waals surface area contributed by atoms with Crippen molar-refractivity contribution in [3.05, 3.63) is 29.6 Å². The van der Waals surface area contributed by atoms with Crippen molar-refractivity contribution < 1.29 is 0 Å². The highest BCUT2D eigenvalue weighted by molar-refractivity contribution is 5.78. The Morgan fingerprint density at radius 2 is 2.47 bits per heavy atom. The van der Waals surface area contributed by atoms with Gasteiger partial charge in [-0.05, 0) is 13.8 Å². The van der Waals surface area contributed by atoms with Crippen LogP contribution in [0, 0.1) is 6.92 Å². The van der Waals surface area contributed by atoms with Gasteiger partial charge in [-0.15, -0.1) is 0 Å². The number of H-pyrrole nitrogens is 1. The highest BCUT2D eigenvalue weighted by atomic mass is 15.1. The molecule has 82 valence electrons. The van der Waals surface area contributed by atoms with Crippen LogP contribution in [0.2, 0.25) is 0 Å². The molecule has 0 aliphatic rings. The van der Waals surface area contributed by atoms with E-state index in [2.05, 4.69) is 27.1 Å². The molecule has 0 aromatic carbocycles. The Hall–Kier alpha value is -1.78. The van der Waals surface area contributed by atoms with E-state index in [1.54, 1.807) is 6.20 Å². The molecule has 0 amide bonds. The lowest BCUT2D eigenvalue weighted by Crippen LogP contribution is -2.32. The average Bonchev–Trinajstić information content (AvgIpc) is 2.58. The molecule has 0 saturated carbocycles. The van der Waals surface area contributed by atoms with Gasteiger partial charge in [-0.2, -0.15) is 5.10 Å². The zero-order chi connectivity index (χ0) is 11.3. The second-order valence-corrected chi connectivity index (χ2v) is 3.53. The maximum absolute atomic E-state index is 5.66. The second kappa shape index (κ2) is 5.19. The molecule has 0 spiro atoms. The number of hydrogen-bond acceptors (Lipinski definition) is 2. The van der Waals surface area contributed by atoms with Crippen LogP contribution in [0.3, 0.4) is 0 Å². The van der Waals surface area contributed by atoms with Gasteiger partial charge in [0, 0.05) is 17.8 Å². The van der Waals surface area contributed by atoms with E-state index in [0.29, 0.717) is 19.0 Å². The molecule has 1 aromatic rings. The summed E-state index contributed by atoms with van der Waals surface area (Å²) < 4.78 is 0. The standard InChI is InChI=1S/C10H17N5/c1-7(2)4-12-10(11)13-5-9-6-14-15-8(9)3/h6H,1,4-5H2,2-3H3,(H,14,15)(H3,11,12,13). The van der Waals surface area contributed by atoms with E-state index < -0.39 is 0 Å². The van der Waals surface area contributed by atoms with Crippen LogP contribution in [-0.4, -0.2) is 22.7 Å². The van der Waals surface area contributed by atoms with E-state index in [0.717, 1.165) is 16.8 Å². The Morgan fingerprint density at radius 1 is 1.73 bits per heavy atom. The summed E-state index contributed by atoms with van der Waals surface area (Å²) in [5.41, 5.74) is 8.75. The SMILES string of the molecule is C=C(C)CNC(N)=NCc1cn[nH]c1C. The second-order valence-electron chi connectivity index (χ2n) is 3.53. The Morgan fingerprint density at radius 3 is 3.00 bits per heavy atom. The lowest BCUT2D eigenvalue weighted by molar-refractivity contribution is 0.936. The first-order valence-electron chi connectivity index (χ1n) is 4.76. The average molecular weight is 207 g/mol. The minimum atomic E-state index is 0.429. The number of aryl methyl sites for hydroxylation is 1. The molecule has 0 atom stereocenters. The first-order valence-corrected chi connectivity index (χ1v) is 4.76. The molecule has 0 bridgehead atoms. The van der Waals surface area contributed by atoms with Gasteiger partial charge in [0.15, 0.2) is 5.96 Å². The number of aromatic nitrogens is 2. The van der Waals surface area contributed by atoms with Gasteiger partial charge in [-0.1, -0.05) is 12.2 Å². The van der Waals surface area contributed by atoms with Crippen LogP contribution >= 0.6 is 0 Å². The zero-order valence-corrected chi connectivity index (χ0v) is 9.17. The van der Waals surface area contributed by atoms with Crippen molar-refractivity contribution in [3.63, 3.8) is 0 Å². The zero-order valence-electron chi connectivity index (χ0n) is 9.17. The summed E-state index contributed by atoms with van der Waals surface area (Å²) in [7, 11) is 0. The number of guanidine groups is 1. The molecule has 0 fully saturated rings. The van der Waals surface area contributed by atoms with E-state index in [1.165, 1.54) is 0 Å². The number of aromatic amines is 1. The van der Waals surface area contributed by atoms with Gasteiger partial charge < -0.3 is 11.1 Å². The van der Waals surface area contributed by atoms with Gasteiger partial charge in [0.2, 0.25) is 0 Å². The molecular weight excluding hydrogens is 190 g/mol. The number of nitrogens with one attached hydrogen (secondary N) is 2. The number of nitrogens with two attached hydrogens (primary N) is 1. The number of rotatable bonds is 4. The van der Waals surface area contributed by atoms with Crippen LogP contribution in [0.15, 0.2) is 23.3 Å². The normalized spacial score (nSPS) is 11.5. The molecule has 0 aliphatic heterocycles. The maximum Gasteiger partial charge on any atom is 0.189 e. The predicted octanol–water partition coefficient (Wildman–Crippen LogP) is 0.699. The third-order valence-electron chi connectivity index (χ3n) is 1.93. The molecule has 1 heterocycles. The van der Waals surface area contributed by atoms with Crippen LogP contribution in [-0.2, 0) is 6.54 Å². The van der Waals surface area contributed by atoms with Crippen LogP contribution in [0.4, 0.5) is 0 Å². The lowest BCUT2D eigenvalue weighted by Gasteiger charge is -2.04. The minimum Gasteiger partial charge on any atom is -0.370 e. The monoisotopic (exact) mass is 207 g/mol. The number of hydrogen-bond donors (Lipinski definition) is 3. The molecule has 1 rings (SSSR count). The molecule has 5 heteroatoms. The summed E-state index contributed by atoms with van der Waals surface area (Å²) in [4.78, 5) is 4.18. The Kier molecular flexibility index (Phi) is 3.91. The van der Waals surface area contributed by atoms with Crippen molar-refractivity contribution in [1.82, 2.24) is 15.5 Å². The van der Waals surface area contributed by atoms with E-state index in [9.17, 15) is 0 Å². The third-order valence-corrected chi connectivity index (χ3v) is 1.93. The fourth-order valence-corrected chi connectivity index (χ4v) is 1.00. The summed E-state index contributed by atoms with van der Waals surface area (Å²) in [5, 5.41) is 9.71. The summed E-state index contributed by atoms with van der Waals surface area (Å²) in [6, 6.07) is 0. The highest BCUT2D eigenvalue weighted by Crippen LogP contribution is 2.03. The van der Waals surface area contributed by atoms with E-state index in [4.69, 9.17) is 5.73 Å². The molecule has 0 unspecified atom stereocenters. The Bertz CT molecular complexity index is 364. The van der Waals surface area contributed by atoms with Crippen LogP contribution in [0.25, 0.3) is 0 Å². The largest absolute Gasteiger partial charge is 0.370 e. The van der Waals surface area contributed by atoms with Gasteiger partial charge >= 0.3 is 0 Å². The fraction of sp³-hybridized carbons (Fsp3) is 0.400. The molecule has 0 saturated heterocycles. The Balaban J connectivity index is 2.44. The number of nitrogens with zero attached hydrogens (tertiary/aromatic N) is 2.